The monoisotopic (exact) mass is 777 g/mol. The molecule has 5 aliphatic rings. The summed E-state index contributed by atoms with van der Waals surface area (Å²) in [6.45, 7) is 7.54. The van der Waals surface area contributed by atoms with Gasteiger partial charge in [0.2, 0.25) is 17.7 Å². The number of piperidine rings is 3. The van der Waals surface area contributed by atoms with Crippen molar-refractivity contribution in [1.29, 1.82) is 0 Å². The predicted molar refractivity (Wildman–Crippen MR) is 212 cm³/mol. The summed E-state index contributed by atoms with van der Waals surface area (Å²) in [5, 5.41) is 21.1. The summed E-state index contributed by atoms with van der Waals surface area (Å²) >= 11 is 0. The van der Waals surface area contributed by atoms with Gasteiger partial charge in [0.05, 0.1) is 28.7 Å². The maximum absolute atomic E-state index is 14.4. The molecule has 57 heavy (non-hydrogen) atoms. The molecule has 0 unspecified atom stereocenters. The van der Waals surface area contributed by atoms with Crippen LogP contribution < -0.4 is 15.1 Å². The van der Waals surface area contributed by atoms with Crippen LogP contribution in [0.4, 0.5) is 20.2 Å². The van der Waals surface area contributed by atoms with Gasteiger partial charge in [-0.15, -0.1) is 0 Å². The number of carbonyl (C=O) groups is 3. The number of hydrogen-bond acceptors (Lipinski definition) is 9. The minimum absolute atomic E-state index is 0.138. The lowest BCUT2D eigenvalue weighted by Gasteiger charge is -2.62. The van der Waals surface area contributed by atoms with E-state index in [0.717, 1.165) is 69.9 Å². The second-order valence-corrected chi connectivity index (χ2v) is 16.4. The minimum atomic E-state index is -0.790. The summed E-state index contributed by atoms with van der Waals surface area (Å²) in [6, 6.07) is 23.8. The van der Waals surface area contributed by atoms with Crippen molar-refractivity contribution in [2.45, 2.75) is 50.4 Å². The fraction of sp³-hybridized carbons (Fsp3) is 0.432. The van der Waals surface area contributed by atoms with E-state index in [0.29, 0.717) is 68.1 Å². The van der Waals surface area contributed by atoms with Crippen molar-refractivity contribution in [3.63, 3.8) is 0 Å². The van der Waals surface area contributed by atoms with E-state index in [1.54, 1.807) is 30.5 Å². The number of phenolic OH excluding ortho intramolecular Hbond substituents is 1. The first-order chi connectivity index (χ1) is 27.6. The molecule has 3 amide bonds. The molecule has 6 heterocycles. The van der Waals surface area contributed by atoms with Crippen LogP contribution in [0.1, 0.15) is 50.5 Å². The van der Waals surface area contributed by atoms with E-state index in [1.807, 2.05) is 41.3 Å². The number of para-hydroxylation sites is 1. The summed E-state index contributed by atoms with van der Waals surface area (Å²) in [5.41, 5.74) is 3.27. The van der Waals surface area contributed by atoms with Crippen LogP contribution in [-0.4, -0.2) is 102 Å². The average molecular weight is 778 g/mol. The van der Waals surface area contributed by atoms with Gasteiger partial charge in [0.1, 0.15) is 5.75 Å². The number of carbonyl (C=O) groups excluding carboxylic acids is 3. The SMILES string of the molecule is O=C(N1CC2(CN(CC3CCN(c4cccc(F)c4F)CC3)C2)C1)C1(c2ccccc2)CCN(c2cnnc(-c3ccccc3O)c2)CC1.O=C1CCCC(=O)N1. The molecule has 5 saturated heterocycles. The number of imide groups is 1. The van der Waals surface area contributed by atoms with Gasteiger partial charge < -0.3 is 24.7 Å². The van der Waals surface area contributed by atoms with Crippen molar-refractivity contribution in [2.24, 2.45) is 11.3 Å². The number of nitrogens with zero attached hydrogens (tertiary/aromatic N) is 6. The largest absolute Gasteiger partial charge is 0.507 e. The molecule has 298 valence electrons. The number of phenols is 1. The summed E-state index contributed by atoms with van der Waals surface area (Å²) in [4.78, 5) is 44.0. The Bertz CT molecular complexity index is 2080. The molecule has 9 rings (SSSR count). The van der Waals surface area contributed by atoms with Crippen LogP contribution >= 0.6 is 0 Å². The fourth-order valence-electron chi connectivity index (χ4n) is 9.47. The molecule has 2 N–H and O–H groups in total. The van der Waals surface area contributed by atoms with Crippen molar-refractivity contribution in [3.8, 4) is 17.0 Å². The molecule has 5 fully saturated rings. The quantitative estimate of drug-likeness (QED) is 0.233. The fourth-order valence-corrected chi connectivity index (χ4v) is 9.47. The maximum Gasteiger partial charge on any atom is 0.233 e. The molecule has 13 heteroatoms. The lowest BCUT2D eigenvalue weighted by atomic mass is 9.67. The van der Waals surface area contributed by atoms with E-state index in [4.69, 9.17) is 0 Å². The molecule has 0 atom stereocenters. The molecule has 0 bridgehead atoms. The van der Waals surface area contributed by atoms with Crippen LogP contribution in [0.2, 0.25) is 0 Å². The van der Waals surface area contributed by atoms with Crippen molar-refractivity contribution < 1.29 is 28.3 Å². The van der Waals surface area contributed by atoms with Gasteiger partial charge >= 0.3 is 0 Å². The number of aromatic hydroxyl groups is 1. The van der Waals surface area contributed by atoms with Crippen LogP contribution in [0.3, 0.4) is 0 Å². The number of aromatic nitrogens is 2. The van der Waals surface area contributed by atoms with Crippen molar-refractivity contribution >= 4 is 29.1 Å². The third kappa shape index (κ3) is 8.07. The van der Waals surface area contributed by atoms with E-state index in [2.05, 4.69) is 42.3 Å². The van der Waals surface area contributed by atoms with E-state index >= 15 is 0 Å². The second kappa shape index (κ2) is 16.2. The third-order valence-corrected chi connectivity index (χ3v) is 12.5. The van der Waals surface area contributed by atoms with E-state index < -0.39 is 17.0 Å². The highest BCUT2D eigenvalue weighted by molar-refractivity contribution is 5.97. The molecule has 0 saturated carbocycles. The number of benzene rings is 3. The first kappa shape index (κ1) is 38.4. The van der Waals surface area contributed by atoms with Crippen LogP contribution in [0.5, 0.6) is 5.75 Å². The average Bonchev–Trinajstić information content (AvgIpc) is 3.20. The molecule has 0 aliphatic carbocycles. The highest BCUT2D eigenvalue weighted by Gasteiger charge is 2.56. The summed E-state index contributed by atoms with van der Waals surface area (Å²) < 4.78 is 28.1. The first-order valence-corrected chi connectivity index (χ1v) is 20.1. The van der Waals surface area contributed by atoms with Gasteiger partial charge in [0.25, 0.3) is 0 Å². The highest BCUT2D eigenvalue weighted by Crippen LogP contribution is 2.46. The zero-order valence-electron chi connectivity index (χ0n) is 32.1. The van der Waals surface area contributed by atoms with Crippen molar-refractivity contribution in [3.05, 3.63) is 102 Å². The maximum atomic E-state index is 14.4. The molecule has 1 spiro atoms. The molecule has 1 aromatic heterocycles. The second-order valence-electron chi connectivity index (χ2n) is 16.4. The van der Waals surface area contributed by atoms with E-state index in [9.17, 15) is 28.3 Å². The molecule has 0 radical (unpaired) electrons. The molecular weight excluding hydrogens is 729 g/mol. The molecule has 5 aliphatic heterocycles. The molecule has 4 aromatic rings. The number of likely N-dealkylation sites (tertiary alicyclic amines) is 2. The van der Waals surface area contributed by atoms with Crippen LogP contribution in [-0.2, 0) is 19.8 Å². The number of anilines is 2. The van der Waals surface area contributed by atoms with Crippen LogP contribution in [0.15, 0.2) is 85.1 Å². The van der Waals surface area contributed by atoms with Gasteiger partial charge in [-0.05, 0) is 73.9 Å². The van der Waals surface area contributed by atoms with Gasteiger partial charge in [-0.2, -0.15) is 10.2 Å². The van der Waals surface area contributed by atoms with Gasteiger partial charge in [0.15, 0.2) is 11.6 Å². The van der Waals surface area contributed by atoms with Gasteiger partial charge in [0, 0.05) is 82.7 Å². The number of rotatable bonds is 7. The van der Waals surface area contributed by atoms with Crippen LogP contribution in [0, 0.1) is 23.0 Å². The summed E-state index contributed by atoms with van der Waals surface area (Å²) in [5.74, 6) is -0.866. The lowest BCUT2D eigenvalue weighted by molar-refractivity contribution is -0.166. The Morgan fingerprint density at radius 3 is 2.18 bits per heavy atom. The smallest absolute Gasteiger partial charge is 0.233 e. The van der Waals surface area contributed by atoms with Crippen molar-refractivity contribution in [1.82, 2.24) is 25.3 Å². The van der Waals surface area contributed by atoms with Crippen LogP contribution in [0.25, 0.3) is 11.3 Å². The Morgan fingerprint density at radius 2 is 1.51 bits per heavy atom. The summed E-state index contributed by atoms with van der Waals surface area (Å²) in [6.07, 6.45) is 6.83. The molecule has 3 aromatic carbocycles. The Labute approximate surface area is 331 Å². The predicted octanol–water partition coefficient (Wildman–Crippen LogP) is 5.54. The van der Waals surface area contributed by atoms with Gasteiger partial charge in [-0.25, -0.2) is 8.78 Å². The normalized spacial score (nSPS) is 20.6. The number of hydrogen-bond donors (Lipinski definition) is 2. The third-order valence-electron chi connectivity index (χ3n) is 12.5. The zero-order valence-corrected chi connectivity index (χ0v) is 32.1. The minimum Gasteiger partial charge on any atom is -0.507 e. The lowest BCUT2D eigenvalue weighted by Crippen LogP contribution is -2.74. The number of nitrogens with one attached hydrogen (secondary N) is 1. The standard InChI is InChI=1S/C39H42F2N6O2.C5H7NO2/c40-32-10-6-11-34(36(32)41)46-17-13-28(14-18-46)23-44-24-38(25-44)26-47(27-38)37(49)39(29-7-2-1-3-8-29)15-19-45(20-16-39)30-21-33(43-42-22-30)31-9-4-5-12-35(31)48;7-4-2-1-3-5(8)6-4/h1-12,21-22,28,48H,13-20,23-27H2;1-3H2,(H,6,7,8). The van der Waals surface area contributed by atoms with E-state index in [-0.39, 0.29) is 28.9 Å². The van der Waals surface area contributed by atoms with Crippen molar-refractivity contribution in [2.75, 3.05) is 68.7 Å². The first-order valence-electron chi connectivity index (χ1n) is 20.1. The highest BCUT2D eigenvalue weighted by atomic mass is 19.2. The Hall–Kier alpha value is -5.43. The molecule has 11 nitrogen and oxygen atoms in total. The zero-order chi connectivity index (χ0) is 39.6. The van der Waals surface area contributed by atoms with Gasteiger partial charge in [-0.1, -0.05) is 48.5 Å². The molecular formula is C44H49F2N7O4. The topological polar surface area (TPSA) is 122 Å². The number of amides is 3. The van der Waals surface area contributed by atoms with E-state index in [1.165, 1.54) is 6.07 Å². The number of halogens is 2. The Balaban J connectivity index is 0.000000509. The Morgan fingerprint density at radius 1 is 0.825 bits per heavy atom. The summed E-state index contributed by atoms with van der Waals surface area (Å²) in [7, 11) is 0. The van der Waals surface area contributed by atoms with Gasteiger partial charge in [-0.3, -0.25) is 19.7 Å². The Kier molecular flexibility index (Phi) is 10.9.